The second kappa shape index (κ2) is 3.27. The molecule has 0 saturated carbocycles. The third kappa shape index (κ3) is 1.56. The maximum atomic E-state index is 5.63. The molecule has 2 rings (SSSR count). The van der Waals surface area contributed by atoms with Gasteiger partial charge >= 0.3 is 0 Å². The van der Waals surface area contributed by atoms with E-state index in [2.05, 4.69) is 36.8 Å². The number of fused-ring (bicyclic) bond motifs is 1. The highest BCUT2D eigenvalue weighted by Gasteiger charge is 2.03. The van der Waals surface area contributed by atoms with Gasteiger partial charge in [0.15, 0.2) is 0 Å². The Labute approximate surface area is 92.4 Å². The maximum Gasteiger partial charge on any atom is 0.125 e. The Hall–Kier alpha value is -0.610. The third-order valence-electron chi connectivity index (χ3n) is 1.79. The number of rotatable bonds is 0. The zero-order chi connectivity index (χ0) is 9.42. The molecule has 0 fully saturated rings. The summed E-state index contributed by atoms with van der Waals surface area (Å²) in [5.41, 5.74) is 5.63. The van der Waals surface area contributed by atoms with Crippen molar-refractivity contribution in [1.29, 1.82) is 0 Å². The van der Waals surface area contributed by atoms with Crippen molar-refractivity contribution in [2.45, 2.75) is 0 Å². The highest BCUT2D eigenvalue weighted by atomic mass is 79.9. The number of pyridine rings is 1. The van der Waals surface area contributed by atoms with Crippen molar-refractivity contribution in [1.82, 2.24) is 4.98 Å². The van der Waals surface area contributed by atoms with Gasteiger partial charge in [-0.2, -0.15) is 0 Å². The monoisotopic (exact) mass is 300 g/mol. The van der Waals surface area contributed by atoms with Crippen molar-refractivity contribution in [2.75, 3.05) is 5.73 Å². The van der Waals surface area contributed by atoms with Crippen molar-refractivity contribution in [2.24, 2.45) is 0 Å². The van der Waals surface area contributed by atoms with Gasteiger partial charge in [0, 0.05) is 15.2 Å². The fourth-order valence-electron chi connectivity index (χ4n) is 1.22. The minimum atomic E-state index is 0.520. The number of nitrogens with two attached hydrogens (primary N) is 1. The van der Waals surface area contributed by atoms with Crippen molar-refractivity contribution in [3.63, 3.8) is 0 Å². The van der Waals surface area contributed by atoms with Crippen molar-refractivity contribution in [3.8, 4) is 0 Å². The number of hydrogen-bond acceptors (Lipinski definition) is 2. The molecule has 0 amide bonds. The third-order valence-corrected chi connectivity index (χ3v) is 3.09. The first kappa shape index (κ1) is 8.97. The summed E-state index contributed by atoms with van der Waals surface area (Å²) in [4.78, 5) is 4.12. The number of anilines is 1. The van der Waals surface area contributed by atoms with Crippen LogP contribution in [0.25, 0.3) is 10.8 Å². The lowest BCUT2D eigenvalue weighted by atomic mass is 10.2. The first-order chi connectivity index (χ1) is 6.18. The van der Waals surface area contributed by atoms with Gasteiger partial charge in [-0.25, -0.2) is 4.98 Å². The highest BCUT2D eigenvalue weighted by molar-refractivity contribution is 9.11. The number of benzene rings is 1. The van der Waals surface area contributed by atoms with Gasteiger partial charge in [-0.1, -0.05) is 28.1 Å². The van der Waals surface area contributed by atoms with Crippen LogP contribution in [0.4, 0.5) is 5.82 Å². The fraction of sp³-hybridized carbons (Fsp3) is 0. The van der Waals surface area contributed by atoms with Crippen LogP contribution in [0.15, 0.2) is 33.3 Å². The van der Waals surface area contributed by atoms with E-state index >= 15 is 0 Å². The molecule has 0 aliphatic heterocycles. The summed E-state index contributed by atoms with van der Waals surface area (Å²) >= 11 is 6.83. The average Bonchev–Trinajstić information content (AvgIpc) is 2.07. The van der Waals surface area contributed by atoms with E-state index in [9.17, 15) is 0 Å². The lowest BCUT2D eigenvalue weighted by Gasteiger charge is -2.03. The first-order valence-corrected chi connectivity index (χ1v) is 5.27. The SMILES string of the molecule is Nc1cc2c(Br)cccc2c(Br)n1. The predicted molar refractivity (Wildman–Crippen MR) is 61.6 cm³/mol. The summed E-state index contributed by atoms with van der Waals surface area (Å²) in [6, 6.07) is 7.80. The quantitative estimate of drug-likeness (QED) is 0.758. The molecule has 1 heterocycles. The number of aromatic nitrogens is 1. The van der Waals surface area contributed by atoms with Crippen molar-refractivity contribution >= 4 is 48.5 Å². The first-order valence-electron chi connectivity index (χ1n) is 3.69. The van der Waals surface area contributed by atoms with Crippen LogP contribution in [0.5, 0.6) is 0 Å². The van der Waals surface area contributed by atoms with E-state index in [1.165, 1.54) is 0 Å². The Kier molecular flexibility index (Phi) is 2.26. The topological polar surface area (TPSA) is 38.9 Å². The Morgan fingerprint density at radius 2 is 1.92 bits per heavy atom. The molecular weight excluding hydrogens is 296 g/mol. The van der Waals surface area contributed by atoms with E-state index in [1.807, 2.05) is 24.3 Å². The largest absolute Gasteiger partial charge is 0.384 e. The molecule has 13 heavy (non-hydrogen) atoms. The second-order valence-electron chi connectivity index (χ2n) is 2.67. The Morgan fingerprint density at radius 3 is 2.69 bits per heavy atom. The standard InChI is InChI=1S/C9H6Br2N2/c10-7-3-1-2-5-6(7)4-8(12)13-9(5)11/h1-4H,(H2,12,13). The van der Waals surface area contributed by atoms with Crippen molar-refractivity contribution < 1.29 is 0 Å². The molecule has 0 radical (unpaired) electrons. The molecule has 0 unspecified atom stereocenters. The average molecular weight is 302 g/mol. The van der Waals surface area contributed by atoms with E-state index in [1.54, 1.807) is 0 Å². The minimum Gasteiger partial charge on any atom is -0.384 e. The smallest absolute Gasteiger partial charge is 0.125 e. The normalized spacial score (nSPS) is 10.6. The van der Waals surface area contributed by atoms with Gasteiger partial charge in [-0.15, -0.1) is 0 Å². The van der Waals surface area contributed by atoms with Crippen LogP contribution in [0.2, 0.25) is 0 Å². The Morgan fingerprint density at radius 1 is 1.15 bits per heavy atom. The molecule has 2 nitrogen and oxygen atoms in total. The lowest BCUT2D eigenvalue weighted by molar-refractivity contribution is 1.32. The number of halogens is 2. The molecule has 2 aromatic rings. The predicted octanol–water partition coefficient (Wildman–Crippen LogP) is 3.34. The van der Waals surface area contributed by atoms with Crippen LogP contribution >= 0.6 is 31.9 Å². The zero-order valence-electron chi connectivity index (χ0n) is 6.59. The van der Waals surface area contributed by atoms with E-state index < -0.39 is 0 Å². The minimum absolute atomic E-state index is 0.520. The molecule has 0 saturated heterocycles. The van der Waals surface area contributed by atoms with Gasteiger partial charge in [0.05, 0.1) is 0 Å². The molecule has 4 heteroatoms. The summed E-state index contributed by atoms with van der Waals surface area (Å²) in [5, 5.41) is 2.13. The van der Waals surface area contributed by atoms with E-state index in [0.717, 1.165) is 19.8 Å². The molecule has 1 aromatic heterocycles. The number of nitrogens with zero attached hydrogens (tertiary/aromatic N) is 1. The highest BCUT2D eigenvalue weighted by Crippen LogP contribution is 2.29. The number of hydrogen-bond donors (Lipinski definition) is 1. The molecule has 0 bridgehead atoms. The summed E-state index contributed by atoms with van der Waals surface area (Å²) in [6.07, 6.45) is 0. The van der Waals surface area contributed by atoms with Crippen LogP contribution in [0.1, 0.15) is 0 Å². The number of nitrogen functional groups attached to an aromatic ring is 1. The lowest BCUT2D eigenvalue weighted by Crippen LogP contribution is -1.91. The molecule has 0 spiro atoms. The maximum absolute atomic E-state index is 5.63. The van der Waals surface area contributed by atoms with Crippen LogP contribution in [-0.4, -0.2) is 4.98 Å². The van der Waals surface area contributed by atoms with Gasteiger partial charge in [-0.05, 0) is 28.1 Å². The molecule has 0 atom stereocenters. The molecule has 2 N–H and O–H groups in total. The van der Waals surface area contributed by atoms with Gasteiger partial charge in [-0.3, -0.25) is 0 Å². The Balaban J connectivity index is 2.94. The van der Waals surface area contributed by atoms with Gasteiger partial charge in [0.25, 0.3) is 0 Å². The van der Waals surface area contributed by atoms with E-state index in [0.29, 0.717) is 5.82 Å². The summed E-state index contributed by atoms with van der Waals surface area (Å²) in [6.45, 7) is 0. The summed E-state index contributed by atoms with van der Waals surface area (Å²) < 4.78 is 1.81. The second-order valence-corrected chi connectivity index (χ2v) is 4.28. The zero-order valence-corrected chi connectivity index (χ0v) is 9.76. The van der Waals surface area contributed by atoms with Gasteiger partial charge in [0.1, 0.15) is 10.4 Å². The van der Waals surface area contributed by atoms with Crippen LogP contribution in [0.3, 0.4) is 0 Å². The fourth-order valence-corrected chi connectivity index (χ4v) is 2.25. The molecule has 66 valence electrons. The van der Waals surface area contributed by atoms with Gasteiger partial charge in [0.2, 0.25) is 0 Å². The van der Waals surface area contributed by atoms with E-state index in [-0.39, 0.29) is 0 Å². The Bertz CT molecular complexity index is 468. The van der Waals surface area contributed by atoms with E-state index in [4.69, 9.17) is 5.73 Å². The van der Waals surface area contributed by atoms with Crippen LogP contribution in [-0.2, 0) is 0 Å². The van der Waals surface area contributed by atoms with Crippen molar-refractivity contribution in [3.05, 3.63) is 33.3 Å². The summed E-state index contributed by atoms with van der Waals surface area (Å²) in [7, 11) is 0. The van der Waals surface area contributed by atoms with Crippen LogP contribution < -0.4 is 5.73 Å². The molecule has 0 aliphatic rings. The molecule has 0 aliphatic carbocycles. The molecule has 1 aromatic carbocycles. The summed E-state index contributed by atoms with van der Waals surface area (Å²) in [5.74, 6) is 0.520. The molecular formula is C9H6Br2N2. The van der Waals surface area contributed by atoms with Gasteiger partial charge < -0.3 is 5.73 Å². The van der Waals surface area contributed by atoms with Crippen LogP contribution in [0, 0.1) is 0 Å².